The minimum Gasteiger partial charge on any atom is -0.314 e. The van der Waals surface area contributed by atoms with Crippen molar-refractivity contribution in [2.75, 3.05) is 6.54 Å². The number of nitrogens with one attached hydrogen (secondary N) is 2. The normalized spacial score (nSPS) is 21.1. The van der Waals surface area contributed by atoms with Crippen LogP contribution in [-0.2, 0) is 4.79 Å². The second-order valence-electron chi connectivity index (χ2n) is 4.70. The molecule has 1 aliphatic heterocycles. The molecule has 1 fully saturated rings. The average Bonchev–Trinajstić information content (AvgIpc) is 2.73. The van der Waals surface area contributed by atoms with Gasteiger partial charge in [0, 0.05) is 12.1 Å². The van der Waals surface area contributed by atoms with Crippen molar-refractivity contribution in [1.82, 2.24) is 15.5 Å². The summed E-state index contributed by atoms with van der Waals surface area (Å²) in [6, 6.07) is 5.78. The molecule has 4 amide bonds. The van der Waals surface area contributed by atoms with Gasteiger partial charge >= 0.3 is 12.2 Å². The smallest absolute Gasteiger partial charge is 0.314 e. The van der Waals surface area contributed by atoms with Gasteiger partial charge in [-0.15, -0.1) is 6.58 Å². The van der Waals surface area contributed by atoms with Gasteiger partial charge in [-0.25, -0.2) is 4.79 Å². The van der Waals surface area contributed by atoms with E-state index in [0.717, 1.165) is 6.08 Å². The highest BCUT2D eigenvalue weighted by molar-refractivity contribution is 6.10. The minimum atomic E-state index is -5.22. The Kier molecular flexibility index (Phi) is 4.13. The molecule has 0 unspecified atom stereocenters. The van der Waals surface area contributed by atoms with Crippen LogP contribution in [0.1, 0.15) is 10.4 Å². The summed E-state index contributed by atoms with van der Waals surface area (Å²) in [5, 5.41) is 3.12. The quantitative estimate of drug-likeness (QED) is 0.648. The standard InChI is InChI=1S/C14H12F3N3O3/c1-2-8-20-11(22)13(14(15,16)17,19-12(20)23)18-10(21)9-6-4-3-5-7-9/h2-7H,1,8H2,(H,18,21)(H,19,23)/t13-/m1/s1. The number of rotatable bonds is 4. The van der Waals surface area contributed by atoms with E-state index in [2.05, 4.69) is 6.58 Å². The zero-order chi connectivity index (χ0) is 17.3. The van der Waals surface area contributed by atoms with Crippen molar-refractivity contribution in [3.63, 3.8) is 0 Å². The maximum Gasteiger partial charge on any atom is 0.440 e. The lowest BCUT2D eigenvalue weighted by molar-refractivity contribution is -0.200. The average molecular weight is 327 g/mol. The van der Waals surface area contributed by atoms with Gasteiger partial charge in [0.25, 0.3) is 17.5 Å². The first-order chi connectivity index (χ1) is 10.7. The van der Waals surface area contributed by atoms with Crippen LogP contribution in [0.2, 0.25) is 0 Å². The fourth-order valence-corrected chi connectivity index (χ4v) is 2.05. The molecule has 1 saturated heterocycles. The number of halogens is 3. The molecule has 1 aliphatic rings. The summed E-state index contributed by atoms with van der Waals surface area (Å²) in [5.74, 6) is -2.75. The Morgan fingerprint density at radius 1 is 1.30 bits per heavy atom. The van der Waals surface area contributed by atoms with Gasteiger partial charge in [-0.1, -0.05) is 24.3 Å². The van der Waals surface area contributed by atoms with Crippen molar-refractivity contribution in [2.24, 2.45) is 0 Å². The van der Waals surface area contributed by atoms with Crippen molar-refractivity contribution in [3.05, 3.63) is 48.6 Å². The van der Waals surface area contributed by atoms with Crippen molar-refractivity contribution in [2.45, 2.75) is 11.8 Å². The summed E-state index contributed by atoms with van der Waals surface area (Å²) in [4.78, 5) is 36.1. The third-order valence-electron chi connectivity index (χ3n) is 3.18. The number of amides is 4. The van der Waals surface area contributed by atoms with Crippen LogP contribution in [0.15, 0.2) is 43.0 Å². The predicted molar refractivity (Wildman–Crippen MR) is 73.1 cm³/mol. The highest BCUT2D eigenvalue weighted by Gasteiger charge is 2.68. The molecule has 0 aromatic heterocycles. The van der Waals surface area contributed by atoms with E-state index in [0.29, 0.717) is 4.90 Å². The van der Waals surface area contributed by atoms with E-state index in [1.54, 1.807) is 11.4 Å². The van der Waals surface area contributed by atoms with Crippen LogP contribution < -0.4 is 10.6 Å². The lowest BCUT2D eigenvalue weighted by atomic mass is 10.1. The predicted octanol–water partition coefficient (Wildman–Crippen LogP) is 1.41. The number of nitrogens with zero attached hydrogens (tertiary/aromatic N) is 1. The van der Waals surface area contributed by atoms with Gasteiger partial charge < -0.3 is 5.32 Å². The molecular weight excluding hydrogens is 315 g/mol. The molecule has 23 heavy (non-hydrogen) atoms. The second kappa shape index (κ2) is 5.75. The first kappa shape index (κ1) is 16.5. The molecule has 0 aliphatic carbocycles. The lowest BCUT2D eigenvalue weighted by Crippen LogP contribution is -2.69. The van der Waals surface area contributed by atoms with Crippen LogP contribution in [0.3, 0.4) is 0 Å². The Morgan fingerprint density at radius 3 is 2.43 bits per heavy atom. The number of alkyl halides is 3. The van der Waals surface area contributed by atoms with Crippen molar-refractivity contribution in [3.8, 4) is 0 Å². The Hall–Kier alpha value is -2.84. The Morgan fingerprint density at radius 2 is 1.91 bits per heavy atom. The highest BCUT2D eigenvalue weighted by Crippen LogP contribution is 2.34. The van der Waals surface area contributed by atoms with Crippen LogP contribution in [0.25, 0.3) is 0 Å². The van der Waals surface area contributed by atoms with E-state index < -0.39 is 36.2 Å². The summed E-state index contributed by atoms with van der Waals surface area (Å²) in [5.41, 5.74) is -3.58. The maximum atomic E-state index is 13.4. The van der Waals surface area contributed by atoms with E-state index in [1.165, 1.54) is 29.6 Å². The van der Waals surface area contributed by atoms with Gasteiger partial charge in [-0.2, -0.15) is 13.2 Å². The van der Waals surface area contributed by atoms with Gasteiger partial charge in [0.05, 0.1) is 0 Å². The molecule has 0 radical (unpaired) electrons. The summed E-state index contributed by atoms with van der Waals surface area (Å²) in [6.45, 7) is 2.86. The van der Waals surface area contributed by atoms with E-state index in [4.69, 9.17) is 0 Å². The Bertz CT molecular complexity index is 660. The molecule has 2 N–H and O–H groups in total. The fourth-order valence-electron chi connectivity index (χ4n) is 2.05. The number of carbonyl (C=O) groups is 3. The zero-order valence-corrected chi connectivity index (χ0v) is 11.7. The lowest BCUT2D eigenvalue weighted by Gasteiger charge is -2.29. The van der Waals surface area contributed by atoms with Crippen molar-refractivity contribution >= 4 is 17.8 Å². The zero-order valence-electron chi connectivity index (χ0n) is 11.7. The van der Waals surface area contributed by atoms with Gasteiger partial charge in [-0.05, 0) is 12.1 Å². The molecule has 0 bridgehead atoms. The number of imide groups is 1. The first-order valence-corrected chi connectivity index (χ1v) is 6.42. The summed E-state index contributed by atoms with van der Waals surface area (Å²) in [7, 11) is 0. The summed E-state index contributed by atoms with van der Waals surface area (Å²) in [6.07, 6.45) is -4.12. The molecule has 6 nitrogen and oxygen atoms in total. The number of urea groups is 1. The van der Waals surface area contributed by atoms with Gasteiger partial charge in [0.15, 0.2) is 0 Å². The van der Waals surface area contributed by atoms with E-state index in [1.807, 2.05) is 0 Å². The maximum absolute atomic E-state index is 13.4. The number of carbonyl (C=O) groups excluding carboxylic acids is 3. The summed E-state index contributed by atoms with van der Waals surface area (Å²) < 4.78 is 40.3. The van der Waals surface area contributed by atoms with E-state index in [9.17, 15) is 27.6 Å². The molecule has 122 valence electrons. The second-order valence-corrected chi connectivity index (χ2v) is 4.70. The third-order valence-corrected chi connectivity index (χ3v) is 3.18. The summed E-state index contributed by atoms with van der Waals surface area (Å²) >= 11 is 0. The number of hydrogen-bond donors (Lipinski definition) is 2. The van der Waals surface area contributed by atoms with Crippen molar-refractivity contribution < 1.29 is 27.6 Å². The molecule has 0 spiro atoms. The number of benzene rings is 1. The molecular formula is C14H12F3N3O3. The largest absolute Gasteiger partial charge is 0.440 e. The molecule has 1 aromatic rings. The van der Waals surface area contributed by atoms with Crippen LogP contribution in [0, 0.1) is 0 Å². The van der Waals surface area contributed by atoms with Gasteiger partial charge in [0.1, 0.15) is 0 Å². The topological polar surface area (TPSA) is 78.5 Å². The monoisotopic (exact) mass is 327 g/mol. The Balaban J connectivity index is 2.39. The van der Waals surface area contributed by atoms with Gasteiger partial charge in [0.2, 0.25) is 0 Å². The van der Waals surface area contributed by atoms with E-state index in [-0.39, 0.29) is 5.56 Å². The molecule has 1 aromatic carbocycles. The van der Waals surface area contributed by atoms with Crippen LogP contribution >= 0.6 is 0 Å². The fraction of sp³-hybridized carbons (Fsp3) is 0.214. The SMILES string of the molecule is C=CCN1C(=O)N[C@@](NC(=O)c2ccccc2)(C(F)(F)F)C1=O. The van der Waals surface area contributed by atoms with E-state index >= 15 is 0 Å². The van der Waals surface area contributed by atoms with Crippen LogP contribution in [-0.4, -0.2) is 41.1 Å². The van der Waals surface area contributed by atoms with Gasteiger partial charge in [-0.3, -0.25) is 19.8 Å². The highest BCUT2D eigenvalue weighted by atomic mass is 19.4. The third kappa shape index (κ3) is 2.77. The Labute approximate surface area is 128 Å². The van der Waals surface area contributed by atoms with Crippen molar-refractivity contribution in [1.29, 1.82) is 0 Å². The van der Waals surface area contributed by atoms with Crippen LogP contribution in [0.4, 0.5) is 18.0 Å². The number of hydrogen-bond acceptors (Lipinski definition) is 3. The molecule has 1 heterocycles. The minimum absolute atomic E-state index is 0.0830. The molecule has 1 atom stereocenters. The van der Waals surface area contributed by atoms with Crippen LogP contribution in [0.5, 0.6) is 0 Å². The molecule has 9 heteroatoms. The molecule has 0 saturated carbocycles. The molecule has 2 rings (SSSR count). The first-order valence-electron chi connectivity index (χ1n) is 6.42.